The minimum atomic E-state index is -3.66. The van der Waals surface area contributed by atoms with E-state index in [2.05, 4.69) is 30.5 Å². The summed E-state index contributed by atoms with van der Waals surface area (Å²) >= 11 is 6.10. The molecule has 0 fully saturated rings. The van der Waals surface area contributed by atoms with Gasteiger partial charge in [0.15, 0.2) is 0 Å². The summed E-state index contributed by atoms with van der Waals surface area (Å²) in [6.07, 6.45) is 0. The molecule has 2 rings (SSSR count). The van der Waals surface area contributed by atoms with E-state index >= 15 is 0 Å². The molecule has 0 bridgehead atoms. The molecule has 2 aromatic rings. The van der Waals surface area contributed by atoms with Crippen molar-refractivity contribution in [1.82, 2.24) is 9.62 Å². The summed E-state index contributed by atoms with van der Waals surface area (Å²) in [7, 11) is -1.61. The normalized spacial score (nSPS) is 12.1. The smallest absolute Gasteiger partial charge is 0.242 e. The van der Waals surface area contributed by atoms with Crippen LogP contribution < -0.4 is 4.72 Å². The van der Waals surface area contributed by atoms with E-state index in [0.717, 1.165) is 23.2 Å². The van der Waals surface area contributed by atoms with E-state index in [4.69, 9.17) is 11.6 Å². The maximum Gasteiger partial charge on any atom is 0.242 e. The van der Waals surface area contributed by atoms with Crippen molar-refractivity contribution in [2.24, 2.45) is 0 Å². The van der Waals surface area contributed by atoms with Crippen LogP contribution in [0.15, 0.2) is 47.4 Å². The second-order valence-corrected chi connectivity index (χ2v) is 8.68. The highest BCUT2D eigenvalue weighted by Gasteiger charge is 2.18. The van der Waals surface area contributed by atoms with Crippen LogP contribution in [-0.4, -0.2) is 26.4 Å². The van der Waals surface area contributed by atoms with Crippen molar-refractivity contribution < 1.29 is 8.42 Å². The number of rotatable bonds is 7. The molecule has 1 N–H and O–H groups in total. The van der Waals surface area contributed by atoms with Crippen LogP contribution in [0.25, 0.3) is 0 Å². The van der Waals surface area contributed by atoms with Crippen molar-refractivity contribution in [2.75, 3.05) is 7.05 Å². The Labute approximate surface area is 155 Å². The molecule has 0 radical (unpaired) electrons. The first kappa shape index (κ1) is 19.9. The van der Waals surface area contributed by atoms with Gasteiger partial charge in [0.25, 0.3) is 0 Å². The number of nitrogens with one attached hydrogen (secondary N) is 1. The predicted octanol–water partition coefficient (Wildman–Crippen LogP) is 3.97. The Bertz CT molecular complexity index is 835. The number of aryl methyl sites for hydroxylation is 1. The van der Waals surface area contributed by atoms with Gasteiger partial charge in [-0.05, 0) is 56.6 Å². The van der Waals surface area contributed by atoms with Crippen LogP contribution in [0.1, 0.15) is 30.5 Å². The first-order chi connectivity index (χ1) is 11.7. The summed E-state index contributed by atoms with van der Waals surface area (Å²) < 4.78 is 27.8. The van der Waals surface area contributed by atoms with E-state index in [0.29, 0.717) is 6.04 Å². The molecule has 0 aliphatic carbocycles. The molecule has 0 aliphatic heterocycles. The van der Waals surface area contributed by atoms with E-state index in [1.807, 2.05) is 31.2 Å². The van der Waals surface area contributed by atoms with E-state index in [9.17, 15) is 8.42 Å². The fraction of sp³-hybridized carbons (Fsp3) is 0.368. The van der Waals surface area contributed by atoms with Crippen molar-refractivity contribution in [3.05, 3.63) is 64.2 Å². The van der Waals surface area contributed by atoms with Crippen LogP contribution in [0, 0.1) is 6.92 Å². The van der Waals surface area contributed by atoms with Gasteiger partial charge in [0.05, 0.1) is 5.02 Å². The maximum absolute atomic E-state index is 12.6. The number of halogens is 1. The molecular weight excluding hydrogens is 356 g/mol. The summed E-state index contributed by atoms with van der Waals surface area (Å²) in [4.78, 5) is 2.32. The molecule has 0 aromatic heterocycles. The lowest BCUT2D eigenvalue weighted by Crippen LogP contribution is -2.28. The van der Waals surface area contributed by atoms with E-state index in [1.54, 1.807) is 18.2 Å². The van der Waals surface area contributed by atoms with Crippen LogP contribution in [0.2, 0.25) is 5.02 Å². The molecular formula is C19H25ClN2O2S. The number of nitrogens with zero attached hydrogens (tertiary/aromatic N) is 1. The van der Waals surface area contributed by atoms with Gasteiger partial charge in [-0.3, -0.25) is 4.90 Å². The Morgan fingerprint density at radius 1 is 1.12 bits per heavy atom. The van der Waals surface area contributed by atoms with Gasteiger partial charge in [0.2, 0.25) is 10.0 Å². The Hall–Kier alpha value is -1.40. The van der Waals surface area contributed by atoms with Crippen LogP contribution >= 0.6 is 11.6 Å². The lowest BCUT2D eigenvalue weighted by atomic mass is 10.1. The van der Waals surface area contributed by atoms with Crippen LogP contribution in [-0.2, 0) is 23.1 Å². The van der Waals surface area contributed by atoms with Crippen molar-refractivity contribution in [3.63, 3.8) is 0 Å². The van der Waals surface area contributed by atoms with Gasteiger partial charge in [-0.15, -0.1) is 0 Å². The quantitative estimate of drug-likeness (QED) is 0.790. The standard InChI is InChI=1S/C19H25ClN2O2S/c1-14(2)22(4)13-17-8-6-5-7-16(17)12-21-25(23,24)19-10-9-15(3)11-18(19)20/h5-11,14,21H,12-13H2,1-4H3. The molecule has 136 valence electrons. The highest BCUT2D eigenvalue weighted by atomic mass is 35.5. The Morgan fingerprint density at radius 2 is 1.76 bits per heavy atom. The van der Waals surface area contributed by atoms with Gasteiger partial charge >= 0.3 is 0 Å². The first-order valence-corrected chi connectivity index (χ1v) is 10.1. The summed E-state index contributed by atoms with van der Waals surface area (Å²) in [5.41, 5.74) is 2.99. The fourth-order valence-corrected chi connectivity index (χ4v) is 4.01. The topological polar surface area (TPSA) is 49.4 Å². The zero-order valence-corrected chi connectivity index (χ0v) is 16.7. The van der Waals surface area contributed by atoms with Gasteiger partial charge in [-0.2, -0.15) is 0 Å². The number of hydrogen-bond acceptors (Lipinski definition) is 3. The summed E-state index contributed by atoms with van der Waals surface area (Å²) in [5.74, 6) is 0. The summed E-state index contributed by atoms with van der Waals surface area (Å²) in [5, 5.41) is 0.236. The molecule has 0 saturated carbocycles. The van der Waals surface area contributed by atoms with Gasteiger partial charge in [0, 0.05) is 19.1 Å². The third kappa shape index (κ3) is 5.28. The molecule has 6 heteroatoms. The molecule has 2 aromatic carbocycles. The van der Waals surface area contributed by atoms with E-state index in [-0.39, 0.29) is 16.5 Å². The highest BCUT2D eigenvalue weighted by Crippen LogP contribution is 2.23. The highest BCUT2D eigenvalue weighted by molar-refractivity contribution is 7.89. The zero-order valence-electron chi connectivity index (χ0n) is 15.1. The lowest BCUT2D eigenvalue weighted by Gasteiger charge is -2.22. The van der Waals surface area contributed by atoms with Crippen molar-refractivity contribution in [3.8, 4) is 0 Å². The van der Waals surface area contributed by atoms with Crippen LogP contribution in [0.4, 0.5) is 0 Å². The molecule has 0 amide bonds. The molecule has 0 spiro atoms. The lowest BCUT2D eigenvalue weighted by molar-refractivity contribution is 0.265. The average Bonchev–Trinajstić information content (AvgIpc) is 2.53. The van der Waals surface area contributed by atoms with E-state index < -0.39 is 10.0 Å². The predicted molar refractivity (Wildman–Crippen MR) is 103 cm³/mol. The van der Waals surface area contributed by atoms with Gasteiger partial charge < -0.3 is 0 Å². The second-order valence-electron chi connectivity index (χ2n) is 6.54. The Morgan fingerprint density at radius 3 is 2.36 bits per heavy atom. The number of benzene rings is 2. The van der Waals surface area contributed by atoms with Crippen molar-refractivity contribution >= 4 is 21.6 Å². The number of sulfonamides is 1. The third-order valence-electron chi connectivity index (χ3n) is 4.25. The largest absolute Gasteiger partial charge is 0.300 e. The average molecular weight is 381 g/mol. The summed E-state index contributed by atoms with van der Waals surface area (Å²) in [6, 6.07) is 13.2. The molecule has 25 heavy (non-hydrogen) atoms. The monoisotopic (exact) mass is 380 g/mol. The SMILES string of the molecule is Cc1ccc(S(=O)(=O)NCc2ccccc2CN(C)C(C)C)c(Cl)c1. The van der Waals surface area contributed by atoms with E-state index in [1.165, 1.54) is 0 Å². The van der Waals surface area contributed by atoms with Gasteiger partial charge in [-0.25, -0.2) is 13.1 Å². The minimum absolute atomic E-state index is 0.108. The molecule has 0 atom stereocenters. The minimum Gasteiger partial charge on any atom is -0.300 e. The maximum atomic E-state index is 12.6. The molecule has 4 nitrogen and oxygen atoms in total. The van der Waals surface area contributed by atoms with Crippen LogP contribution in [0.5, 0.6) is 0 Å². The Balaban J connectivity index is 2.18. The second kappa shape index (κ2) is 8.32. The third-order valence-corrected chi connectivity index (χ3v) is 6.13. The molecule has 0 heterocycles. The first-order valence-electron chi connectivity index (χ1n) is 8.23. The zero-order chi connectivity index (χ0) is 18.6. The fourth-order valence-electron chi connectivity index (χ4n) is 2.41. The summed E-state index contributed by atoms with van der Waals surface area (Å²) in [6.45, 7) is 7.13. The van der Waals surface area contributed by atoms with Crippen LogP contribution in [0.3, 0.4) is 0 Å². The van der Waals surface area contributed by atoms with Gasteiger partial charge in [-0.1, -0.05) is 41.9 Å². The molecule has 0 unspecified atom stereocenters. The molecule has 0 aliphatic rings. The number of hydrogen-bond donors (Lipinski definition) is 1. The van der Waals surface area contributed by atoms with Crippen molar-refractivity contribution in [1.29, 1.82) is 0 Å². The van der Waals surface area contributed by atoms with Gasteiger partial charge in [0.1, 0.15) is 4.90 Å². The van der Waals surface area contributed by atoms with Crippen molar-refractivity contribution in [2.45, 2.75) is 44.8 Å². The molecule has 0 saturated heterocycles. The Kier molecular flexibility index (Phi) is 6.63.